The molecule has 2 N–H and O–H groups in total. The van der Waals surface area contributed by atoms with E-state index in [2.05, 4.69) is 20.9 Å². The van der Waals surface area contributed by atoms with Crippen LogP contribution in [0.25, 0.3) is 0 Å². The lowest BCUT2D eigenvalue weighted by Crippen LogP contribution is -2.43. The van der Waals surface area contributed by atoms with Crippen LogP contribution in [-0.4, -0.2) is 54.7 Å². The van der Waals surface area contributed by atoms with E-state index in [9.17, 15) is 4.79 Å². The van der Waals surface area contributed by atoms with Gasteiger partial charge < -0.3 is 10.2 Å². The first kappa shape index (κ1) is 21.1. The van der Waals surface area contributed by atoms with Crippen LogP contribution in [0.15, 0.2) is 64.7 Å². The van der Waals surface area contributed by atoms with Gasteiger partial charge in [-0.15, -0.1) is 11.6 Å². The van der Waals surface area contributed by atoms with Gasteiger partial charge in [-0.05, 0) is 24.3 Å². The number of nitrogens with one attached hydrogen (secondary N) is 2. The van der Waals surface area contributed by atoms with Crippen molar-refractivity contribution in [2.45, 2.75) is 6.04 Å². The molecule has 0 saturated heterocycles. The molecule has 1 unspecified atom stereocenters. The molecular weight excluding hydrogens is 413 g/mol. The van der Waals surface area contributed by atoms with Gasteiger partial charge in [0.05, 0.1) is 18.3 Å². The predicted octanol–water partition coefficient (Wildman–Crippen LogP) is 2.64. The van der Waals surface area contributed by atoms with Crippen molar-refractivity contribution in [2.24, 2.45) is 10.1 Å². The van der Waals surface area contributed by atoms with Crippen molar-refractivity contribution in [1.82, 2.24) is 15.8 Å². The fourth-order valence-electron chi connectivity index (χ4n) is 2.88. The van der Waals surface area contributed by atoms with Crippen LogP contribution in [0.3, 0.4) is 0 Å². The molecule has 0 fully saturated rings. The van der Waals surface area contributed by atoms with Crippen molar-refractivity contribution in [3.63, 3.8) is 0 Å². The van der Waals surface area contributed by atoms with E-state index in [0.717, 1.165) is 16.8 Å². The molecule has 1 heterocycles. The molecule has 2 aromatic rings. The lowest BCUT2D eigenvalue weighted by molar-refractivity contribution is -0.119. The first-order valence-corrected chi connectivity index (χ1v) is 9.90. The maximum Gasteiger partial charge on any atom is 0.242 e. The lowest BCUT2D eigenvalue weighted by Gasteiger charge is -2.16. The van der Waals surface area contributed by atoms with Gasteiger partial charge in [0.15, 0.2) is 0 Å². The summed E-state index contributed by atoms with van der Waals surface area (Å²) in [6, 6.07) is 16.6. The fourth-order valence-corrected chi connectivity index (χ4v) is 3.08. The van der Waals surface area contributed by atoms with Crippen LogP contribution in [0, 0.1) is 0 Å². The quantitative estimate of drug-likeness (QED) is 0.304. The molecule has 0 aromatic heterocycles. The number of hydroxylamine groups is 1. The molecule has 3 rings (SSSR count). The van der Waals surface area contributed by atoms with E-state index in [1.165, 1.54) is 0 Å². The van der Waals surface area contributed by atoms with Crippen molar-refractivity contribution >= 4 is 40.7 Å². The van der Waals surface area contributed by atoms with E-state index in [4.69, 9.17) is 28.0 Å². The Labute approximate surface area is 179 Å². The van der Waals surface area contributed by atoms with Gasteiger partial charge in [0.25, 0.3) is 0 Å². The Bertz CT molecular complexity index is 888. The number of hydrogen-bond acceptors (Lipinski definition) is 6. The Morgan fingerprint density at radius 3 is 2.62 bits per heavy atom. The summed E-state index contributed by atoms with van der Waals surface area (Å²) in [6.07, 6.45) is 0. The minimum absolute atomic E-state index is 0.114. The standard InChI is InChI=1S/C20H21Cl2N5O2/c1-23-29-20(15-5-3-2-4-6-15)24-13-27-12-17(25-18(28)11-21)19(26-27)14-7-9-16(22)10-8-14/h2-10,17,23H,11-13H2,1H3,(H,25,28)/b24-20-. The average Bonchev–Trinajstić information content (AvgIpc) is 3.14. The minimum atomic E-state index is -0.303. The number of carbonyl (C=O) groups excluding carboxylic acids is 1. The number of carbonyl (C=O) groups is 1. The number of halogens is 2. The second kappa shape index (κ2) is 10.2. The van der Waals surface area contributed by atoms with Gasteiger partial charge in [-0.25, -0.2) is 4.99 Å². The monoisotopic (exact) mass is 433 g/mol. The molecule has 0 aliphatic carbocycles. The highest BCUT2D eigenvalue weighted by Crippen LogP contribution is 2.17. The van der Waals surface area contributed by atoms with Crippen LogP contribution in [0.5, 0.6) is 0 Å². The Morgan fingerprint density at radius 2 is 1.97 bits per heavy atom. The van der Waals surface area contributed by atoms with Crippen LogP contribution in [0.2, 0.25) is 5.02 Å². The summed E-state index contributed by atoms with van der Waals surface area (Å²) < 4.78 is 0. The third kappa shape index (κ3) is 5.69. The molecule has 0 bridgehead atoms. The summed E-state index contributed by atoms with van der Waals surface area (Å²) in [5, 5.41) is 9.95. The number of aliphatic imine (C=N–C) groups is 1. The van der Waals surface area contributed by atoms with Gasteiger partial charge in [-0.3, -0.25) is 9.80 Å². The maximum atomic E-state index is 11.8. The van der Waals surface area contributed by atoms with Crippen LogP contribution < -0.4 is 10.8 Å². The first-order chi connectivity index (χ1) is 14.1. The smallest absolute Gasteiger partial charge is 0.242 e. The Hall–Kier alpha value is -2.61. The molecule has 1 atom stereocenters. The Morgan fingerprint density at radius 1 is 1.24 bits per heavy atom. The summed E-state index contributed by atoms with van der Waals surface area (Å²) in [6.45, 7) is 0.724. The second-order valence-electron chi connectivity index (χ2n) is 6.21. The zero-order chi connectivity index (χ0) is 20.6. The van der Waals surface area contributed by atoms with Crippen LogP contribution in [0.4, 0.5) is 0 Å². The average molecular weight is 434 g/mol. The van der Waals surface area contributed by atoms with Gasteiger partial charge in [0.1, 0.15) is 12.5 Å². The van der Waals surface area contributed by atoms with E-state index < -0.39 is 0 Å². The van der Waals surface area contributed by atoms with Gasteiger partial charge in [0.2, 0.25) is 11.8 Å². The number of rotatable bonds is 7. The summed E-state index contributed by atoms with van der Waals surface area (Å²) in [4.78, 5) is 21.8. The number of nitrogens with zero attached hydrogens (tertiary/aromatic N) is 3. The second-order valence-corrected chi connectivity index (χ2v) is 6.92. The van der Waals surface area contributed by atoms with Crippen molar-refractivity contribution in [1.29, 1.82) is 0 Å². The van der Waals surface area contributed by atoms with Gasteiger partial charge in [-0.2, -0.15) is 10.6 Å². The minimum Gasteiger partial charge on any atom is -0.388 e. The molecule has 0 radical (unpaired) electrons. The third-order valence-electron chi connectivity index (χ3n) is 4.17. The predicted molar refractivity (Wildman–Crippen MR) is 115 cm³/mol. The van der Waals surface area contributed by atoms with Gasteiger partial charge in [0, 0.05) is 23.2 Å². The van der Waals surface area contributed by atoms with Crippen LogP contribution in [-0.2, 0) is 9.63 Å². The molecule has 0 saturated carbocycles. The molecule has 152 valence electrons. The normalized spacial score (nSPS) is 16.5. The number of hydrogen-bond donors (Lipinski definition) is 2. The van der Waals surface area contributed by atoms with Gasteiger partial charge >= 0.3 is 0 Å². The van der Waals surface area contributed by atoms with Crippen molar-refractivity contribution in [2.75, 3.05) is 26.1 Å². The molecule has 2 aromatic carbocycles. The van der Waals surface area contributed by atoms with E-state index in [0.29, 0.717) is 17.5 Å². The molecule has 1 aliphatic heterocycles. The van der Waals surface area contributed by atoms with E-state index in [1.807, 2.05) is 42.5 Å². The molecular formula is C20H21Cl2N5O2. The largest absolute Gasteiger partial charge is 0.388 e. The zero-order valence-electron chi connectivity index (χ0n) is 15.8. The topological polar surface area (TPSA) is 78.3 Å². The maximum absolute atomic E-state index is 11.8. The summed E-state index contributed by atoms with van der Waals surface area (Å²) in [5.74, 6) is 0.0771. The molecule has 1 aliphatic rings. The zero-order valence-corrected chi connectivity index (χ0v) is 17.3. The molecule has 29 heavy (non-hydrogen) atoms. The summed E-state index contributed by atoms with van der Waals surface area (Å²) in [7, 11) is 1.67. The molecule has 7 nitrogen and oxygen atoms in total. The highest BCUT2D eigenvalue weighted by molar-refractivity contribution is 6.30. The highest BCUT2D eigenvalue weighted by atomic mass is 35.5. The van der Waals surface area contributed by atoms with Gasteiger partial charge in [-0.1, -0.05) is 41.9 Å². The lowest BCUT2D eigenvalue weighted by atomic mass is 10.0. The number of alkyl halides is 1. The van der Waals surface area contributed by atoms with Crippen molar-refractivity contribution < 1.29 is 9.63 Å². The number of benzene rings is 2. The third-order valence-corrected chi connectivity index (χ3v) is 4.66. The van der Waals surface area contributed by atoms with E-state index in [1.54, 1.807) is 24.2 Å². The number of hydrazone groups is 1. The number of amides is 1. The molecule has 1 amide bonds. The fraction of sp³-hybridized carbons (Fsp3) is 0.250. The van der Waals surface area contributed by atoms with E-state index in [-0.39, 0.29) is 24.5 Å². The Kier molecular flexibility index (Phi) is 7.46. The van der Waals surface area contributed by atoms with Crippen molar-refractivity contribution in [3.05, 3.63) is 70.7 Å². The summed E-state index contributed by atoms with van der Waals surface area (Å²) >= 11 is 11.6. The Balaban J connectivity index is 1.81. The molecule has 9 heteroatoms. The SMILES string of the molecule is CNO/C(=N\CN1CC(NC(=O)CCl)C(c2ccc(Cl)cc2)=N1)c1ccccc1. The van der Waals surface area contributed by atoms with Crippen LogP contribution in [0.1, 0.15) is 11.1 Å². The summed E-state index contributed by atoms with van der Waals surface area (Å²) in [5.41, 5.74) is 5.10. The first-order valence-electron chi connectivity index (χ1n) is 8.99. The highest BCUT2D eigenvalue weighted by Gasteiger charge is 2.29. The van der Waals surface area contributed by atoms with Crippen LogP contribution >= 0.6 is 23.2 Å². The van der Waals surface area contributed by atoms with Crippen molar-refractivity contribution in [3.8, 4) is 0 Å². The van der Waals surface area contributed by atoms with E-state index >= 15 is 0 Å². The molecule has 0 spiro atoms.